The molecular weight excluding hydrogens is 748 g/mol. The average Bonchev–Trinajstić information content (AvgIpc) is 3.86. The van der Waals surface area contributed by atoms with E-state index in [2.05, 4.69) is 0 Å². The number of aromatic hydroxyl groups is 1. The molecule has 4 aliphatic rings. The van der Waals surface area contributed by atoms with Crippen molar-refractivity contribution in [2.45, 2.75) is 52.9 Å². The van der Waals surface area contributed by atoms with Gasteiger partial charge in [-0.25, -0.2) is 4.90 Å². The number of hydrogen-bond acceptors (Lipinski definition) is 8. The number of thiophene rings is 1. The maximum atomic E-state index is 15.2. The van der Waals surface area contributed by atoms with E-state index in [1.165, 1.54) is 9.80 Å². The maximum Gasteiger partial charge on any atom is 0.242 e. The fourth-order valence-electron chi connectivity index (χ4n) is 9.97. The molecule has 2 saturated heterocycles. The van der Waals surface area contributed by atoms with E-state index < -0.39 is 46.8 Å². The minimum atomic E-state index is -1.36. The Morgan fingerprint density at radius 2 is 1.73 bits per heavy atom. The molecule has 10 nitrogen and oxygen atoms in total. The number of amides is 4. The molecule has 6 atom stereocenters. The van der Waals surface area contributed by atoms with Gasteiger partial charge in [0, 0.05) is 34.3 Å². The molecular formula is C44H41ClN4O6S. The highest BCUT2D eigenvalue weighted by Crippen LogP contribution is 2.65. The highest BCUT2D eigenvalue weighted by atomic mass is 35.5. The third-order valence-corrected chi connectivity index (χ3v) is 14.3. The van der Waals surface area contributed by atoms with Gasteiger partial charge in [-0.05, 0) is 98.9 Å². The number of para-hydroxylation sites is 1. The summed E-state index contributed by atoms with van der Waals surface area (Å²) in [5, 5.41) is 18.3. The number of phenolic OH excluding ortho intramolecular Hbond substituents is 1. The predicted octanol–water partition coefficient (Wildman–Crippen LogP) is 8.37. The Morgan fingerprint density at radius 1 is 0.964 bits per heavy atom. The number of imide groups is 2. The lowest BCUT2D eigenvalue weighted by Gasteiger charge is -2.49. The summed E-state index contributed by atoms with van der Waals surface area (Å²) in [4.78, 5) is 62.2. The molecule has 2 aliphatic heterocycles. The largest absolute Gasteiger partial charge is 0.504 e. The van der Waals surface area contributed by atoms with Gasteiger partial charge in [-0.2, -0.15) is 5.10 Å². The van der Waals surface area contributed by atoms with E-state index in [9.17, 15) is 19.5 Å². The number of nitrogens with zero attached hydrogens (tertiary/aromatic N) is 4. The number of allylic oxidation sites excluding steroid dienone is 2. The first-order valence-corrected chi connectivity index (χ1v) is 20.3. The first kappa shape index (κ1) is 36.4. The fourth-order valence-corrected chi connectivity index (χ4v) is 11.3. The molecule has 4 amide bonds. The van der Waals surface area contributed by atoms with Crippen LogP contribution >= 0.6 is 22.9 Å². The molecule has 9 rings (SSSR count). The molecule has 4 heterocycles. The molecule has 5 aromatic rings. The average molecular weight is 789 g/mol. The molecule has 1 saturated carbocycles. The van der Waals surface area contributed by atoms with Crippen LogP contribution < -0.4 is 14.5 Å². The third kappa shape index (κ3) is 5.09. The summed E-state index contributed by atoms with van der Waals surface area (Å²) in [6, 6.07) is 20.2. The van der Waals surface area contributed by atoms with Crippen molar-refractivity contribution < 1.29 is 29.0 Å². The van der Waals surface area contributed by atoms with Crippen molar-refractivity contribution in [1.29, 1.82) is 0 Å². The summed E-state index contributed by atoms with van der Waals surface area (Å²) in [5.41, 5.74) is 3.10. The Kier molecular flexibility index (Phi) is 8.55. The lowest BCUT2D eigenvalue weighted by molar-refractivity contribution is -0.131. The van der Waals surface area contributed by atoms with Gasteiger partial charge in [0.15, 0.2) is 11.5 Å². The number of carbonyl (C=O) groups excluding carboxylic acids is 4. The second kappa shape index (κ2) is 13.2. The molecule has 2 aromatic heterocycles. The normalized spacial score (nSPS) is 25.8. The number of aryl methyl sites for hydroxylation is 3. The highest BCUT2D eigenvalue weighted by Gasteiger charge is 2.68. The molecule has 2 aliphatic carbocycles. The first-order valence-electron chi connectivity index (χ1n) is 19.1. The van der Waals surface area contributed by atoms with Crippen LogP contribution in [0.4, 0.5) is 11.5 Å². The van der Waals surface area contributed by atoms with E-state index in [1.807, 2.05) is 69.3 Å². The molecule has 56 heavy (non-hydrogen) atoms. The number of halogens is 1. The quantitative estimate of drug-likeness (QED) is 0.130. The zero-order valence-corrected chi connectivity index (χ0v) is 33.3. The molecule has 1 N–H and O–H groups in total. The smallest absolute Gasteiger partial charge is 0.242 e. The van der Waals surface area contributed by atoms with Crippen LogP contribution in [0.3, 0.4) is 0 Å². The van der Waals surface area contributed by atoms with Crippen molar-refractivity contribution in [2.75, 3.05) is 16.4 Å². The maximum absolute atomic E-state index is 15.2. The number of carbonyl (C=O) groups is 4. The number of ether oxygens (including phenoxy) is 1. The molecule has 286 valence electrons. The molecule has 12 heteroatoms. The fraction of sp³-hybridized carbons (Fsp3) is 0.341. The van der Waals surface area contributed by atoms with Crippen LogP contribution in [0.2, 0.25) is 5.02 Å². The number of fused-ring (bicyclic) bond motifs is 5. The van der Waals surface area contributed by atoms with Gasteiger partial charge in [0.25, 0.3) is 0 Å². The van der Waals surface area contributed by atoms with Crippen molar-refractivity contribution in [2.24, 2.45) is 36.1 Å². The Morgan fingerprint density at radius 3 is 2.46 bits per heavy atom. The summed E-state index contributed by atoms with van der Waals surface area (Å²) in [6.45, 7) is 7.99. The molecule has 3 fully saturated rings. The number of rotatable bonds is 7. The number of aromatic nitrogens is 2. The topological polar surface area (TPSA) is 122 Å². The van der Waals surface area contributed by atoms with E-state index in [0.717, 1.165) is 38.1 Å². The summed E-state index contributed by atoms with van der Waals surface area (Å²) >= 11 is 7.90. The van der Waals surface area contributed by atoms with Gasteiger partial charge in [0.2, 0.25) is 23.6 Å². The zero-order chi connectivity index (χ0) is 39.4. The number of phenols is 1. The van der Waals surface area contributed by atoms with Crippen LogP contribution in [0.1, 0.15) is 56.2 Å². The minimum Gasteiger partial charge on any atom is -0.504 e. The lowest BCUT2D eigenvalue weighted by atomic mass is 9.51. The van der Waals surface area contributed by atoms with Crippen molar-refractivity contribution in [1.82, 2.24) is 9.78 Å². The van der Waals surface area contributed by atoms with Crippen molar-refractivity contribution in [3.8, 4) is 22.1 Å². The van der Waals surface area contributed by atoms with Crippen LogP contribution in [-0.2, 0) is 32.6 Å². The number of hydrogen-bond donors (Lipinski definition) is 1. The predicted molar refractivity (Wildman–Crippen MR) is 216 cm³/mol. The van der Waals surface area contributed by atoms with Crippen molar-refractivity contribution in [3.05, 3.63) is 100 Å². The first-order chi connectivity index (χ1) is 26.9. The summed E-state index contributed by atoms with van der Waals surface area (Å²) in [7, 11) is 1.72. The van der Waals surface area contributed by atoms with Crippen LogP contribution in [0.25, 0.3) is 20.7 Å². The summed E-state index contributed by atoms with van der Waals surface area (Å²) in [6.07, 6.45) is 3.30. The van der Waals surface area contributed by atoms with Crippen LogP contribution in [-0.4, -0.2) is 45.1 Å². The van der Waals surface area contributed by atoms with Gasteiger partial charge in [0.1, 0.15) is 11.5 Å². The second-order valence-electron chi connectivity index (χ2n) is 15.5. The zero-order valence-electron chi connectivity index (χ0n) is 31.7. The van der Waals surface area contributed by atoms with Crippen molar-refractivity contribution in [3.63, 3.8) is 0 Å². The Bertz CT molecular complexity index is 2540. The molecule has 0 unspecified atom stereocenters. The number of anilines is 2. The van der Waals surface area contributed by atoms with E-state index in [1.54, 1.807) is 54.3 Å². The second-order valence-corrected chi connectivity index (χ2v) is 17.0. The van der Waals surface area contributed by atoms with Crippen LogP contribution in [0, 0.1) is 36.0 Å². The van der Waals surface area contributed by atoms with E-state index >= 15 is 4.79 Å². The van der Waals surface area contributed by atoms with Gasteiger partial charge in [-0.1, -0.05) is 54.4 Å². The van der Waals surface area contributed by atoms with Crippen molar-refractivity contribution >= 4 is 68.2 Å². The van der Waals surface area contributed by atoms with Gasteiger partial charge < -0.3 is 9.84 Å². The van der Waals surface area contributed by atoms with Gasteiger partial charge in [-0.3, -0.25) is 28.8 Å². The summed E-state index contributed by atoms with van der Waals surface area (Å²) in [5.74, 6) is -4.45. The Balaban J connectivity index is 1.16. The molecule has 0 radical (unpaired) electrons. The van der Waals surface area contributed by atoms with Crippen LogP contribution in [0.5, 0.6) is 11.5 Å². The van der Waals surface area contributed by atoms with Gasteiger partial charge >= 0.3 is 0 Å². The third-order valence-electron chi connectivity index (χ3n) is 12.7. The minimum absolute atomic E-state index is 0.115. The van der Waals surface area contributed by atoms with E-state index in [-0.39, 0.29) is 29.7 Å². The molecule has 0 spiro atoms. The Hall–Kier alpha value is -5.26. The van der Waals surface area contributed by atoms with Crippen LogP contribution in [0.15, 0.2) is 78.4 Å². The monoisotopic (exact) mass is 788 g/mol. The van der Waals surface area contributed by atoms with Gasteiger partial charge in [-0.15, -0.1) is 11.3 Å². The standard InChI is InChI=1S/C44H41ClN4O6S/c1-6-23-11-14-25(15-12-23)48-40(51)27-17-16-26-30(36(27)42(48)53)20-31-41(52)49(43(54)44(31,4)37(26)28-9-8-10-33(38(28)50)55-7-2)35-21-32(46-47(35)5)39-22(3)29-19-24(45)13-18-34(29)56-39/h8-16,18-19,21,27,30-31,36-37,50H,6-7,17,20H2,1-5H3/t27-,30+,31-,36-,37+,44+/m0/s1. The Labute approximate surface area is 333 Å². The molecule has 3 aromatic carbocycles. The molecule has 0 bridgehead atoms. The van der Waals surface area contributed by atoms with Gasteiger partial charge in [0.05, 0.1) is 40.3 Å². The summed E-state index contributed by atoms with van der Waals surface area (Å²) < 4.78 is 8.42. The lowest BCUT2D eigenvalue weighted by Crippen LogP contribution is -2.49. The highest BCUT2D eigenvalue weighted by molar-refractivity contribution is 7.22. The number of benzene rings is 3. The SMILES string of the molecule is CCOc1cccc([C@H]2C3=CC[C@@H]4C(=O)N(c5ccc(CC)cc5)C(=O)[C@@H]4[C@@H]3C[C@H]3C(=O)N(c4cc(-c5sc6ccc(Cl)cc6c5C)nn4C)C(=O)[C@@]23C)c1O. The van der Waals surface area contributed by atoms with E-state index in [0.29, 0.717) is 40.8 Å². The van der Waals surface area contributed by atoms with E-state index in [4.69, 9.17) is 21.4 Å².